The van der Waals surface area contributed by atoms with Gasteiger partial charge >= 0.3 is 0 Å². The number of likely N-dealkylation sites (N-methyl/N-ethyl adjacent to an activating group) is 1. The molecular formula is C12H21N5. The van der Waals surface area contributed by atoms with Gasteiger partial charge in [0.05, 0.1) is 0 Å². The Bertz CT molecular complexity index is 362. The third-order valence-electron chi connectivity index (χ3n) is 2.12. The number of aromatic nitrogens is 2. The molecule has 0 saturated heterocycles. The van der Waals surface area contributed by atoms with Gasteiger partial charge < -0.3 is 15.5 Å². The van der Waals surface area contributed by atoms with Crippen molar-refractivity contribution >= 4 is 11.8 Å². The topological polar surface area (TPSA) is 53.1 Å². The van der Waals surface area contributed by atoms with E-state index in [1.54, 1.807) is 6.08 Å². The van der Waals surface area contributed by atoms with E-state index in [9.17, 15) is 0 Å². The van der Waals surface area contributed by atoms with Gasteiger partial charge in [0.25, 0.3) is 0 Å². The van der Waals surface area contributed by atoms with Crippen molar-refractivity contribution in [1.29, 1.82) is 0 Å². The molecular weight excluding hydrogens is 214 g/mol. The Kier molecular flexibility index (Phi) is 5.42. The zero-order valence-corrected chi connectivity index (χ0v) is 10.8. The highest BCUT2D eigenvalue weighted by Crippen LogP contribution is 2.08. The quantitative estimate of drug-likeness (QED) is 0.699. The van der Waals surface area contributed by atoms with Crippen LogP contribution in [0.15, 0.2) is 18.7 Å². The summed E-state index contributed by atoms with van der Waals surface area (Å²) in [5.74, 6) is 1.49. The highest BCUT2D eigenvalue weighted by molar-refractivity contribution is 5.42. The van der Waals surface area contributed by atoms with Crippen LogP contribution >= 0.6 is 0 Å². The first-order chi connectivity index (χ1) is 8.11. The Morgan fingerprint density at radius 3 is 2.76 bits per heavy atom. The van der Waals surface area contributed by atoms with Crippen LogP contribution in [0.2, 0.25) is 0 Å². The molecule has 1 aromatic heterocycles. The standard InChI is InChI=1S/C12H21N5/c1-5-6-13-11-9-10(2)15-12(16-11)14-7-8-17(3)4/h5,9H,1,6-8H2,2-4H3,(H2,13,14,15,16). The average Bonchev–Trinajstić information content (AvgIpc) is 2.25. The van der Waals surface area contributed by atoms with Crippen molar-refractivity contribution in [2.75, 3.05) is 44.4 Å². The molecule has 1 aromatic rings. The second-order valence-electron chi connectivity index (χ2n) is 4.12. The molecule has 2 N–H and O–H groups in total. The van der Waals surface area contributed by atoms with Crippen molar-refractivity contribution in [3.63, 3.8) is 0 Å². The summed E-state index contributed by atoms with van der Waals surface area (Å²) in [4.78, 5) is 10.8. The number of hydrogen-bond donors (Lipinski definition) is 2. The van der Waals surface area contributed by atoms with Gasteiger partial charge in [-0.2, -0.15) is 4.98 Å². The van der Waals surface area contributed by atoms with Gasteiger partial charge in [0.15, 0.2) is 0 Å². The molecule has 94 valence electrons. The molecule has 0 atom stereocenters. The Morgan fingerprint density at radius 2 is 2.12 bits per heavy atom. The normalized spacial score (nSPS) is 10.4. The minimum atomic E-state index is 0.665. The average molecular weight is 235 g/mol. The smallest absolute Gasteiger partial charge is 0.224 e. The van der Waals surface area contributed by atoms with Crippen LogP contribution in [0.1, 0.15) is 5.69 Å². The summed E-state index contributed by atoms with van der Waals surface area (Å²) >= 11 is 0. The van der Waals surface area contributed by atoms with Crippen LogP contribution in [0.4, 0.5) is 11.8 Å². The van der Waals surface area contributed by atoms with Crippen LogP contribution in [0.25, 0.3) is 0 Å². The molecule has 0 radical (unpaired) electrons. The monoisotopic (exact) mass is 235 g/mol. The lowest BCUT2D eigenvalue weighted by molar-refractivity contribution is 0.425. The van der Waals surface area contributed by atoms with Crippen molar-refractivity contribution in [1.82, 2.24) is 14.9 Å². The molecule has 17 heavy (non-hydrogen) atoms. The zero-order chi connectivity index (χ0) is 12.7. The Morgan fingerprint density at radius 1 is 1.35 bits per heavy atom. The van der Waals surface area contributed by atoms with Gasteiger partial charge in [-0.05, 0) is 21.0 Å². The van der Waals surface area contributed by atoms with E-state index in [4.69, 9.17) is 0 Å². The lowest BCUT2D eigenvalue weighted by atomic mass is 10.4. The van der Waals surface area contributed by atoms with E-state index in [2.05, 4.69) is 32.1 Å². The number of anilines is 2. The number of hydrogen-bond acceptors (Lipinski definition) is 5. The molecule has 0 aliphatic heterocycles. The van der Waals surface area contributed by atoms with Crippen LogP contribution in [-0.2, 0) is 0 Å². The highest BCUT2D eigenvalue weighted by Gasteiger charge is 2.01. The van der Waals surface area contributed by atoms with E-state index < -0.39 is 0 Å². The molecule has 0 bridgehead atoms. The number of nitrogens with one attached hydrogen (secondary N) is 2. The van der Waals surface area contributed by atoms with E-state index in [1.165, 1.54) is 0 Å². The highest BCUT2D eigenvalue weighted by atomic mass is 15.2. The maximum atomic E-state index is 4.37. The summed E-state index contributed by atoms with van der Waals surface area (Å²) in [5.41, 5.74) is 0.943. The van der Waals surface area contributed by atoms with Crippen molar-refractivity contribution in [3.8, 4) is 0 Å². The maximum absolute atomic E-state index is 4.37. The molecule has 1 heterocycles. The Balaban J connectivity index is 2.58. The van der Waals surface area contributed by atoms with Gasteiger partial charge in [-0.3, -0.25) is 0 Å². The molecule has 5 heteroatoms. The van der Waals surface area contributed by atoms with Gasteiger partial charge in [-0.15, -0.1) is 6.58 Å². The number of aryl methyl sites for hydroxylation is 1. The second-order valence-corrected chi connectivity index (χ2v) is 4.12. The Hall–Kier alpha value is -1.62. The predicted molar refractivity (Wildman–Crippen MR) is 72.5 cm³/mol. The minimum Gasteiger partial charge on any atom is -0.366 e. The summed E-state index contributed by atoms with van der Waals surface area (Å²) < 4.78 is 0. The minimum absolute atomic E-state index is 0.665. The van der Waals surface area contributed by atoms with Gasteiger partial charge in [-0.1, -0.05) is 6.08 Å². The van der Waals surface area contributed by atoms with E-state index in [-0.39, 0.29) is 0 Å². The molecule has 0 amide bonds. The van der Waals surface area contributed by atoms with Crippen LogP contribution in [0, 0.1) is 6.92 Å². The zero-order valence-electron chi connectivity index (χ0n) is 10.8. The van der Waals surface area contributed by atoms with E-state index >= 15 is 0 Å². The fourth-order valence-electron chi connectivity index (χ4n) is 1.31. The van der Waals surface area contributed by atoms with Crippen LogP contribution in [0.5, 0.6) is 0 Å². The van der Waals surface area contributed by atoms with Crippen molar-refractivity contribution < 1.29 is 0 Å². The molecule has 1 rings (SSSR count). The fraction of sp³-hybridized carbons (Fsp3) is 0.500. The SMILES string of the molecule is C=CCNc1cc(C)nc(NCCN(C)C)n1. The predicted octanol–water partition coefficient (Wildman–Crippen LogP) is 1.36. The molecule has 0 unspecified atom stereocenters. The van der Waals surface area contributed by atoms with Crippen molar-refractivity contribution in [2.45, 2.75) is 6.92 Å². The lowest BCUT2D eigenvalue weighted by Crippen LogP contribution is -2.21. The molecule has 0 aromatic carbocycles. The van der Waals surface area contributed by atoms with Gasteiger partial charge in [-0.25, -0.2) is 4.98 Å². The Labute approximate surface area is 103 Å². The van der Waals surface area contributed by atoms with Gasteiger partial charge in [0, 0.05) is 31.4 Å². The summed E-state index contributed by atoms with van der Waals surface area (Å²) in [7, 11) is 4.08. The van der Waals surface area contributed by atoms with Crippen LogP contribution in [0.3, 0.4) is 0 Å². The fourth-order valence-corrected chi connectivity index (χ4v) is 1.31. The maximum Gasteiger partial charge on any atom is 0.224 e. The third-order valence-corrected chi connectivity index (χ3v) is 2.12. The lowest BCUT2D eigenvalue weighted by Gasteiger charge is -2.11. The molecule has 5 nitrogen and oxygen atoms in total. The van der Waals surface area contributed by atoms with Gasteiger partial charge in [0.2, 0.25) is 5.95 Å². The molecule has 0 aliphatic carbocycles. The van der Waals surface area contributed by atoms with E-state index in [0.717, 1.165) is 24.6 Å². The van der Waals surface area contributed by atoms with E-state index in [1.807, 2.05) is 27.1 Å². The number of nitrogens with zero attached hydrogens (tertiary/aromatic N) is 3. The third kappa shape index (κ3) is 5.31. The molecule has 0 aliphatic rings. The largest absolute Gasteiger partial charge is 0.366 e. The number of rotatable bonds is 7. The van der Waals surface area contributed by atoms with E-state index in [0.29, 0.717) is 12.5 Å². The molecule has 0 fully saturated rings. The van der Waals surface area contributed by atoms with Crippen LogP contribution in [-0.4, -0.2) is 48.6 Å². The summed E-state index contributed by atoms with van der Waals surface area (Å²) in [6.07, 6.45) is 1.80. The first kappa shape index (κ1) is 13.4. The summed E-state index contributed by atoms with van der Waals surface area (Å²) in [5, 5.41) is 6.36. The summed E-state index contributed by atoms with van der Waals surface area (Å²) in [6.45, 7) is 8.10. The first-order valence-corrected chi connectivity index (χ1v) is 5.71. The van der Waals surface area contributed by atoms with Crippen molar-refractivity contribution in [3.05, 3.63) is 24.4 Å². The second kappa shape index (κ2) is 6.85. The van der Waals surface area contributed by atoms with Gasteiger partial charge in [0.1, 0.15) is 5.82 Å². The molecule has 0 saturated carbocycles. The van der Waals surface area contributed by atoms with Crippen molar-refractivity contribution in [2.24, 2.45) is 0 Å². The summed E-state index contributed by atoms with van der Waals surface area (Å²) in [6, 6.07) is 1.92. The molecule has 0 spiro atoms. The van der Waals surface area contributed by atoms with Crippen LogP contribution < -0.4 is 10.6 Å². The first-order valence-electron chi connectivity index (χ1n) is 5.71.